The average molecular weight is 291 g/mol. The summed E-state index contributed by atoms with van der Waals surface area (Å²) in [6.45, 7) is 7.09. The molecule has 114 valence electrons. The molecule has 1 amide bonds. The number of anilines is 2. The number of nitrogens with zero attached hydrogens (tertiary/aromatic N) is 4. The molecule has 7 heteroatoms. The van der Waals surface area contributed by atoms with E-state index in [1.54, 1.807) is 6.07 Å². The van der Waals surface area contributed by atoms with Gasteiger partial charge in [-0.1, -0.05) is 0 Å². The molecular weight excluding hydrogens is 270 g/mol. The van der Waals surface area contributed by atoms with Gasteiger partial charge in [0.1, 0.15) is 23.6 Å². The minimum Gasteiger partial charge on any atom is -0.444 e. The lowest BCUT2D eigenvalue weighted by Gasteiger charge is -2.35. The summed E-state index contributed by atoms with van der Waals surface area (Å²) in [6, 6.07) is 2.23. The number of hydrogen-bond donors (Lipinski definition) is 1. The fraction of sp³-hybridized carbons (Fsp3) is 0.643. The highest BCUT2D eigenvalue weighted by Crippen LogP contribution is 2.34. The van der Waals surface area contributed by atoms with Crippen molar-refractivity contribution in [2.24, 2.45) is 0 Å². The maximum Gasteiger partial charge on any atom is 0.410 e. The number of aromatic nitrogens is 2. The van der Waals surface area contributed by atoms with E-state index in [-0.39, 0.29) is 18.2 Å². The number of fused-ring (bicyclic) bond motifs is 2. The van der Waals surface area contributed by atoms with Gasteiger partial charge in [-0.05, 0) is 27.2 Å². The highest BCUT2D eigenvalue weighted by molar-refractivity contribution is 5.70. The zero-order chi connectivity index (χ0) is 15.2. The van der Waals surface area contributed by atoms with Crippen LogP contribution in [0.4, 0.5) is 16.4 Å². The van der Waals surface area contributed by atoms with Crippen LogP contribution in [0.1, 0.15) is 27.2 Å². The van der Waals surface area contributed by atoms with E-state index in [1.807, 2.05) is 25.7 Å². The smallest absolute Gasteiger partial charge is 0.410 e. The van der Waals surface area contributed by atoms with Crippen molar-refractivity contribution < 1.29 is 9.53 Å². The normalized spacial score (nSPS) is 24.5. The van der Waals surface area contributed by atoms with Crippen LogP contribution in [0.15, 0.2) is 12.4 Å². The largest absolute Gasteiger partial charge is 0.444 e. The van der Waals surface area contributed by atoms with Gasteiger partial charge in [0.25, 0.3) is 0 Å². The molecule has 0 aromatic carbocycles. The first-order valence-electron chi connectivity index (χ1n) is 7.17. The Bertz CT molecular complexity index is 557. The van der Waals surface area contributed by atoms with Gasteiger partial charge < -0.3 is 20.3 Å². The second-order valence-electron chi connectivity index (χ2n) is 6.63. The van der Waals surface area contributed by atoms with Gasteiger partial charge in [0.2, 0.25) is 0 Å². The fourth-order valence-corrected chi connectivity index (χ4v) is 3.01. The monoisotopic (exact) mass is 291 g/mol. The third-order valence-electron chi connectivity index (χ3n) is 3.84. The number of carbonyl (C=O) groups excluding carboxylic acids is 1. The SMILES string of the molecule is CC(C)(C)OC(=O)N1C[C@@H]2C[C@H]1CN2c1cc(N)ncn1. The van der Waals surface area contributed by atoms with Crippen LogP contribution in [0.2, 0.25) is 0 Å². The quantitative estimate of drug-likeness (QED) is 0.838. The third kappa shape index (κ3) is 2.72. The van der Waals surface area contributed by atoms with Crippen LogP contribution in [0.3, 0.4) is 0 Å². The first kappa shape index (κ1) is 13.9. The van der Waals surface area contributed by atoms with Crippen LogP contribution in [0, 0.1) is 0 Å². The van der Waals surface area contributed by atoms with Gasteiger partial charge >= 0.3 is 6.09 Å². The van der Waals surface area contributed by atoms with Crippen molar-refractivity contribution in [2.75, 3.05) is 23.7 Å². The summed E-state index contributed by atoms with van der Waals surface area (Å²) in [7, 11) is 0. The van der Waals surface area contributed by atoms with E-state index < -0.39 is 5.60 Å². The summed E-state index contributed by atoms with van der Waals surface area (Å²) in [5.41, 5.74) is 5.25. The highest BCUT2D eigenvalue weighted by Gasteiger charge is 2.46. The zero-order valence-electron chi connectivity index (χ0n) is 12.6. The molecule has 2 atom stereocenters. The Hall–Kier alpha value is -2.05. The predicted octanol–water partition coefficient (Wildman–Crippen LogP) is 1.26. The van der Waals surface area contributed by atoms with Crippen LogP contribution < -0.4 is 10.6 Å². The lowest BCUT2D eigenvalue weighted by molar-refractivity contribution is 0.0214. The number of amides is 1. The minimum atomic E-state index is -0.459. The molecule has 0 aliphatic carbocycles. The van der Waals surface area contributed by atoms with Crippen molar-refractivity contribution in [3.8, 4) is 0 Å². The van der Waals surface area contributed by atoms with Gasteiger partial charge in [-0.25, -0.2) is 14.8 Å². The lowest BCUT2D eigenvalue weighted by Crippen LogP contribution is -2.50. The van der Waals surface area contributed by atoms with E-state index >= 15 is 0 Å². The Morgan fingerprint density at radius 2 is 2.10 bits per heavy atom. The Labute approximate surface area is 124 Å². The summed E-state index contributed by atoms with van der Waals surface area (Å²) in [4.78, 5) is 24.4. The maximum absolute atomic E-state index is 12.2. The van der Waals surface area contributed by atoms with E-state index in [9.17, 15) is 4.79 Å². The Kier molecular flexibility index (Phi) is 3.15. The molecule has 0 saturated carbocycles. The molecule has 1 aromatic heterocycles. The van der Waals surface area contributed by atoms with Crippen molar-refractivity contribution in [3.05, 3.63) is 12.4 Å². The van der Waals surface area contributed by atoms with Crippen LogP contribution in [0.5, 0.6) is 0 Å². The van der Waals surface area contributed by atoms with Crippen molar-refractivity contribution in [1.29, 1.82) is 0 Å². The zero-order valence-corrected chi connectivity index (χ0v) is 12.6. The summed E-state index contributed by atoms with van der Waals surface area (Å²) in [5.74, 6) is 1.30. The second kappa shape index (κ2) is 4.75. The summed E-state index contributed by atoms with van der Waals surface area (Å²) in [6.07, 6.45) is 2.20. The Balaban J connectivity index is 1.68. The summed E-state index contributed by atoms with van der Waals surface area (Å²) >= 11 is 0. The minimum absolute atomic E-state index is 0.182. The molecule has 2 bridgehead atoms. The standard InChI is InChI=1S/C14H21N5O2/c1-14(2,3)21-13(20)19-7-9-4-10(19)6-18(9)12-5-11(15)16-8-17-12/h5,8-10H,4,6-7H2,1-3H3,(H2,15,16,17)/t9-,10-/m0/s1. The maximum atomic E-state index is 12.2. The van der Waals surface area contributed by atoms with E-state index in [4.69, 9.17) is 10.5 Å². The molecule has 2 aliphatic rings. The molecule has 1 aromatic rings. The molecule has 2 fully saturated rings. The van der Waals surface area contributed by atoms with Crippen LogP contribution in [-0.2, 0) is 4.74 Å². The van der Waals surface area contributed by atoms with Crippen LogP contribution in [-0.4, -0.2) is 51.7 Å². The van der Waals surface area contributed by atoms with Gasteiger partial charge in [0.05, 0.1) is 12.1 Å². The van der Waals surface area contributed by atoms with Gasteiger partial charge in [-0.2, -0.15) is 0 Å². The Morgan fingerprint density at radius 3 is 2.67 bits per heavy atom. The molecule has 2 N–H and O–H groups in total. The molecule has 3 heterocycles. The van der Waals surface area contributed by atoms with Gasteiger partial charge in [-0.3, -0.25) is 0 Å². The van der Waals surface area contributed by atoms with Gasteiger partial charge in [0, 0.05) is 19.2 Å². The summed E-state index contributed by atoms with van der Waals surface area (Å²) in [5, 5.41) is 0. The van der Waals surface area contributed by atoms with Crippen LogP contribution >= 0.6 is 0 Å². The number of carbonyl (C=O) groups is 1. The molecule has 0 radical (unpaired) electrons. The third-order valence-corrected chi connectivity index (χ3v) is 3.84. The van der Waals surface area contributed by atoms with E-state index in [0.29, 0.717) is 12.4 Å². The highest BCUT2D eigenvalue weighted by atomic mass is 16.6. The predicted molar refractivity (Wildman–Crippen MR) is 78.9 cm³/mol. The molecular formula is C14H21N5O2. The topological polar surface area (TPSA) is 84.6 Å². The second-order valence-corrected chi connectivity index (χ2v) is 6.63. The average Bonchev–Trinajstić information content (AvgIpc) is 2.96. The van der Waals surface area contributed by atoms with Gasteiger partial charge in [0.15, 0.2) is 0 Å². The van der Waals surface area contributed by atoms with Crippen molar-refractivity contribution in [2.45, 2.75) is 44.9 Å². The number of rotatable bonds is 1. The van der Waals surface area contributed by atoms with Crippen LogP contribution in [0.25, 0.3) is 0 Å². The van der Waals surface area contributed by atoms with Gasteiger partial charge in [-0.15, -0.1) is 0 Å². The number of nitrogens with two attached hydrogens (primary N) is 1. The number of nitrogen functional groups attached to an aromatic ring is 1. The van der Waals surface area contributed by atoms with E-state index in [0.717, 1.165) is 18.8 Å². The molecule has 2 saturated heterocycles. The first-order valence-corrected chi connectivity index (χ1v) is 7.17. The van der Waals surface area contributed by atoms with Crippen molar-refractivity contribution in [1.82, 2.24) is 14.9 Å². The molecule has 0 spiro atoms. The molecule has 3 rings (SSSR count). The van der Waals surface area contributed by atoms with Crippen molar-refractivity contribution >= 4 is 17.7 Å². The Morgan fingerprint density at radius 1 is 1.33 bits per heavy atom. The van der Waals surface area contributed by atoms with E-state index in [1.165, 1.54) is 6.33 Å². The summed E-state index contributed by atoms with van der Waals surface area (Å²) < 4.78 is 5.46. The fourth-order valence-electron chi connectivity index (χ4n) is 3.01. The lowest BCUT2D eigenvalue weighted by atomic mass is 10.2. The number of piperazine rings is 1. The first-order chi connectivity index (χ1) is 9.83. The number of ether oxygens (including phenoxy) is 1. The van der Waals surface area contributed by atoms with E-state index in [2.05, 4.69) is 14.9 Å². The number of likely N-dealkylation sites (tertiary alicyclic amines) is 1. The molecule has 21 heavy (non-hydrogen) atoms. The van der Waals surface area contributed by atoms with Crippen molar-refractivity contribution in [3.63, 3.8) is 0 Å². The molecule has 7 nitrogen and oxygen atoms in total. The molecule has 2 aliphatic heterocycles. The molecule has 0 unspecified atom stereocenters. The number of hydrogen-bond acceptors (Lipinski definition) is 6.